The molecule has 0 N–H and O–H groups in total. The number of nitro benzene ring substituents is 1. The molecule has 6 nitrogen and oxygen atoms in total. The molecular formula is C20H22N4O2S2. The van der Waals surface area contributed by atoms with Crippen LogP contribution >= 0.6 is 24.4 Å². The molecule has 146 valence electrons. The summed E-state index contributed by atoms with van der Waals surface area (Å²) in [5, 5.41) is 11.0. The minimum atomic E-state index is -0.399. The van der Waals surface area contributed by atoms with E-state index in [1.165, 1.54) is 12.1 Å². The molecule has 0 amide bonds. The molecule has 0 saturated carbocycles. The quantitative estimate of drug-likeness (QED) is 0.432. The molecule has 0 aromatic heterocycles. The summed E-state index contributed by atoms with van der Waals surface area (Å²) in [4.78, 5) is 18.4. The van der Waals surface area contributed by atoms with Crippen LogP contribution in [0.15, 0.2) is 48.5 Å². The van der Waals surface area contributed by atoms with Crippen molar-refractivity contribution in [2.45, 2.75) is 0 Å². The fourth-order valence-electron chi connectivity index (χ4n) is 3.13. The van der Waals surface area contributed by atoms with Crippen LogP contribution in [0, 0.1) is 10.1 Å². The van der Waals surface area contributed by atoms with E-state index in [1.807, 2.05) is 20.2 Å². The predicted octanol–water partition coefficient (Wildman–Crippen LogP) is 3.33. The van der Waals surface area contributed by atoms with Gasteiger partial charge in [-0.25, -0.2) is 0 Å². The molecule has 1 heterocycles. The Hall–Kier alpha value is -2.58. The maximum Gasteiger partial charge on any atom is 0.270 e. The van der Waals surface area contributed by atoms with Crippen LogP contribution in [0.2, 0.25) is 0 Å². The summed E-state index contributed by atoms with van der Waals surface area (Å²) in [6, 6.07) is 14.7. The lowest BCUT2D eigenvalue weighted by molar-refractivity contribution is -0.384. The van der Waals surface area contributed by atoms with Gasteiger partial charge in [-0.05, 0) is 24.3 Å². The average molecular weight is 415 g/mol. The van der Waals surface area contributed by atoms with Gasteiger partial charge >= 0.3 is 0 Å². The smallest absolute Gasteiger partial charge is 0.270 e. The number of piperazine rings is 1. The van der Waals surface area contributed by atoms with Crippen molar-refractivity contribution in [3.63, 3.8) is 0 Å². The van der Waals surface area contributed by atoms with Gasteiger partial charge in [-0.15, -0.1) is 0 Å². The van der Waals surface area contributed by atoms with Crippen molar-refractivity contribution in [1.29, 1.82) is 0 Å². The van der Waals surface area contributed by atoms with Gasteiger partial charge in [-0.1, -0.05) is 36.6 Å². The Labute approximate surface area is 175 Å². The first-order valence-corrected chi connectivity index (χ1v) is 9.79. The van der Waals surface area contributed by atoms with Crippen LogP contribution in [0.3, 0.4) is 0 Å². The monoisotopic (exact) mass is 414 g/mol. The highest BCUT2D eigenvalue weighted by molar-refractivity contribution is 7.81. The average Bonchev–Trinajstić information content (AvgIpc) is 2.73. The molecule has 0 radical (unpaired) electrons. The minimum absolute atomic E-state index is 0.0563. The fourth-order valence-corrected chi connectivity index (χ4v) is 3.76. The number of rotatable bonds is 4. The number of nitrogens with zero attached hydrogens (tertiary/aromatic N) is 4. The van der Waals surface area contributed by atoms with E-state index in [9.17, 15) is 10.1 Å². The zero-order valence-corrected chi connectivity index (χ0v) is 17.5. The van der Waals surface area contributed by atoms with Gasteiger partial charge in [0, 0.05) is 69.2 Å². The van der Waals surface area contributed by atoms with Gasteiger partial charge in [-0.3, -0.25) is 10.1 Å². The number of nitro groups is 1. The van der Waals surface area contributed by atoms with Crippen molar-refractivity contribution in [1.82, 2.24) is 9.80 Å². The van der Waals surface area contributed by atoms with Crippen molar-refractivity contribution >= 4 is 45.8 Å². The van der Waals surface area contributed by atoms with E-state index in [1.54, 1.807) is 6.07 Å². The molecule has 8 heteroatoms. The highest BCUT2D eigenvalue weighted by atomic mass is 32.1. The number of thiocarbonyl (C=S) groups is 2. The van der Waals surface area contributed by atoms with Gasteiger partial charge < -0.3 is 14.7 Å². The Bertz CT molecular complexity index is 891. The standard InChI is InChI=1S/C20H22N4O2S2/c1-21(2)17-8-6-15(7-9-17)19(27)22-10-12-23(13-11-22)20(28)16-4-3-5-18(14-16)24(25)26/h3-9,14H,10-13H2,1-2H3. The number of benzene rings is 2. The molecule has 0 atom stereocenters. The Morgan fingerprint density at radius 1 is 0.929 bits per heavy atom. The molecule has 2 aromatic carbocycles. The molecule has 0 aliphatic carbocycles. The lowest BCUT2D eigenvalue weighted by Gasteiger charge is -2.37. The molecule has 0 unspecified atom stereocenters. The van der Waals surface area contributed by atoms with Gasteiger partial charge in [0.2, 0.25) is 0 Å². The summed E-state index contributed by atoms with van der Waals surface area (Å²) < 4.78 is 0. The first-order chi connectivity index (χ1) is 13.4. The second-order valence-corrected chi connectivity index (χ2v) is 7.61. The third-order valence-corrected chi connectivity index (χ3v) is 5.78. The van der Waals surface area contributed by atoms with Crippen LogP contribution in [-0.2, 0) is 0 Å². The lowest BCUT2D eigenvalue weighted by Crippen LogP contribution is -2.50. The molecule has 0 spiro atoms. The van der Waals surface area contributed by atoms with E-state index in [-0.39, 0.29) is 5.69 Å². The zero-order chi connectivity index (χ0) is 20.3. The molecule has 1 saturated heterocycles. The van der Waals surface area contributed by atoms with Gasteiger partial charge in [0.1, 0.15) is 9.98 Å². The molecule has 1 aliphatic heterocycles. The van der Waals surface area contributed by atoms with E-state index in [4.69, 9.17) is 24.4 Å². The van der Waals surface area contributed by atoms with E-state index in [0.29, 0.717) is 10.6 Å². The number of non-ortho nitro benzene ring substituents is 1. The molecule has 28 heavy (non-hydrogen) atoms. The normalized spacial score (nSPS) is 13.9. The SMILES string of the molecule is CN(C)c1ccc(C(=S)N2CCN(C(=S)c3cccc([N+](=O)[O-])c3)CC2)cc1. The van der Waals surface area contributed by atoms with Gasteiger partial charge in [0.15, 0.2) is 0 Å². The van der Waals surface area contributed by atoms with Crippen LogP contribution in [0.5, 0.6) is 0 Å². The third kappa shape index (κ3) is 4.45. The Morgan fingerprint density at radius 2 is 1.46 bits per heavy atom. The van der Waals surface area contributed by atoms with Crippen LogP contribution in [-0.4, -0.2) is 65.0 Å². The second-order valence-electron chi connectivity index (χ2n) is 6.83. The summed E-state index contributed by atoms with van der Waals surface area (Å²) in [5.74, 6) is 0. The van der Waals surface area contributed by atoms with Crippen molar-refractivity contribution in [3.05, 3.63) is 69.8 Å². The lowest BCUT2D eigenvalue weighted by atomic mass is 10.1. The largest absolute Gasteiger partial charge is 0.378 e. The van der Waals surface area contributed by atoms with Gasteiger partial charge in [-0.2, -0.15) is 0 Å². The maximum absolute atomic E-state index is 11.0. The third-order valence-electron chi connectivity index (χ3n) is 4.79. The van der Waals surface area contributed by atoms with Crippen molar-refractivity contribution in [2.75, 3.05) is 45.2 Å². The minimum Gasteiger partial charge on any atom is -0.378 e. The maximum atomic E-state index is 11.0. The van der Waals surface area contributed by atoms with E-state index in [2.05, 4.69) is 39.0 Å². The molecule has 1 aliphatic rings. The molecular weight excluding hydrogens is 392 g/mol. The number of hydrogen-bond acceptors (Lipinski definition) is 5. The summed E-state index contributed by atoms with van der Waals surface area (Å²) >= 11 is 11.2. The van der Waals surface area contributed by atoms with Crippen LogP contribution in [0.1, 0.15) is 11.1 Å². The first kappa shape index (κ1) is 20.2. The highest BCUT2D eigenvalue weighted by Crippen LogP contribution is 2.19. The first-order valence-electron chi connectivity index (χ1n) is 8.97. The van der Waals surface area contributed by atoms with Crippen molar-refractivity contribution in [3.8, 4) is 0 Å². The highest BCUT2D eigenvalue weighted by Gasteiger charge is 2.22. The van der Waals surface area contributed by atoms with E-state index < -0.39 is 4.92 Å². The van der Waals surface area contributed by atoms with Crippen LogP contribution in [0.4, 0.5) is 11.4 Å². The summed E-state index contributed by atoms with van der Waals surface area (Å²) in [7, 11) is 4.02. The van der Waals surface area contributed by atoms with Gasteiger partial charge in [0.25, 0.3) is 5.69 Å². The van der Waals surface area contributed by atoms with Crippen molar-refractivity contribution in [2.24, 2.45) is 0 Å². The number of hydrogen-bond donors (Lipinski definition) is 0. The summed E-state index contributed by atoms with van der Waals surface area (Å²) in [6.07, 6.45) is 0. The summed E-state index contributed by atoms with van der Waals surface area (Å²) in [6.45, 7) is 3.00. The molecule has 3 rings (SSSR count). The van der Waals surface area contributed by atoms with Crippen LogP contribution < -0.4 is 4.90 Å². The Kier molecular flexibility index (Phi) is 6.21. The molecule has 2 aromatic rings. The van der Waals surface area contributed by atoms with Crippen molar-refractivity contribution < 1.29 is 4.92 Å². The van der Waals surface area contributed by atoms with Crippen LogP contribution in [0.25, 0.3) is 0 Å². The van der Waals surface area contributed by atoms with E-state index >= 15 is 0 Å². The topological polar surface area (TPSA) is 52.9 Å². The fraction of sp³-hybridized carbons (Fsp3) is 0.300. The van der Waals surface area contributed by atoms with E-state index in [0.717, 1.165) is 42.4 Å². The molecule has 1 fully saturated rings. The summed E-state index contributed by atoms with van der Waals surface area (Å²) in [5.41, 5.74) is 2.94. The zero-order valence-electron chi connectivity index (χ0n) is 15.9. The predicted molar refractivity (Wildman–Crippen MR) is 120 cm³/mol. The number of anilines is 1. The van der Waals surface area contributed by atoms with Gasteiger partial charge in [0.05, 0.1) is 4.92 Å². The Morgan fingerprint density at radius 3 is 1.96 bits per heavy atom. The second kappa shape index (κ2) is 8.62. The Balaban J connectivity index is 1.62. The molecule has 0 bridgehead atoms.